The van der Waals surface area contributed by atoms with Gasteiger partial charge >= 0.3 is 5.97 Å². The van der Waals surface area contributed by atoms with E-state index in [4.69, 9.17) is 9.47 Å². The van der Waals surface area contributed by atoms with Crippen LogP contribution in [-0.2, 0) is 14.3 Å². The predicted molar refractivity (Wildman–Crippen MR) is 70.5 cm³/mol. The summed E-state index contributed by atoms with van der Waals surface area (Å²) in [5.41, 5.74) is -0.492. The molecule has 1 N–H and O–H groups in total. The van der Waals surface area contributed by atoms with Gasteiger partial charge in [-0.05, 0) is 20.4 Å². The number of carbonyl (C=O) groups is 1. The molecule has 1 atom stereocenters. The molecule has 1 saturated heterocycles. The van der Waals surface area contributed by atoms with Crippen LogP contribution >= 0.6 is 0 Å². The van der Waals surface area contributed by atoms with E-state index in [2.05, 4.69) is 17.1 Å². The first-order valence-electron chi connectivity index (χ1n) is 6.62. The maximum atomic E-state index is 11.5. The number of esters is 1. The molecule has 0 aromatic heterocycles. The summed E-state index contributed by atoms with van der Waals surface area (Å²) >= 11 is 0. The molecule has 0 aliphatic carbocycles. The van der Waals surface area contributed by atoms with Gasteiger partial charge in [-0.3, -0.25) is 9.69 Å². The topological polar surface area (TPSA) is 50.8 Å². The molecule has 0 spiro atoms. The molecule has 0 amide bonds. The van der Waals surface area contributed by atoms with Crippen LogP contribution < -0.4 is 5.32 Å². The van der Waals surface area contributed by atoms with E-state index < -0.39 is 5.41 Å². The summed E-state index contributed by atoms with van der Waals surface area (Å²) in [7, 11) is 1.42. The van der Waals surface area contributed by atoms with E-state index >= 15 is 0 Å². The van der Waals surface area contributed by atoms with Crippen molar-refractivity contribution in [1.82, 2.24) is 10.2 Å². The highest BCUT2D eigenvalue weighted by molar-refractivity contribution is 5.76. The SMILES string of the molecule is CCN1CCOC(CNCC(C)(C)C(=O)OC)C1. The minimum absolute atomic E-state index is 0.185. The summed E-state index contributed by atoms with van der Waals surface area (Å²) in [5, 5.41) is 3.30. The van der Waals surface area contributed by atoms with Crippen molar-refractivity contribution in [1.29, 1.82) is 0 Å². The van der Waals surface area contributed by atoms with E-state index in [1.54, 1.807) is 0 Å². The Morgan fingerprint density at radius 1 is 1.56 bits per heavy atom. The first kappa shape index (κ1) is 15.4. The Morgan fingerprint density at radius 2 is 2.28 bits per heavy atom. The lowest BCUT2D eigenvalue weighted by Crippen LogP contribution is -2.48. The third-order valence-corrected chi connectivity index (χ3v) is 3.35. The summed E-state index contributed by atoms with van der Waals surface area (Å²) in [5.74, 6) is -0.185. The average molecular weight is 258 g/mol. The smallest absolute Gasteiger partial charge is 0.312 e. The Kier molecular flexibility index (Phi) is 6.05. The molecule has 1 unspecified atom stereocenters. The highest BCUT2D eigenvalue weighted by atomic mass is 16.5. The van der Waals surface area contributed by atoms with Crippen LogP contribution in [0.15, 0.2) is 0 Å². The van der Waals surface area contributed by atoms with Crippen LogP contribution in [0.4, 0.5) is 0 Å². The van der Waals surface area contributed by atoms with Crippen molar-refractivity contribution in [3.8, 4) is 0 Å². The third-order valence-electron chi connectivity index (χ3n) is 3.35. The number of morpholine rings is 1. The van der Waals surface area contributed by atoms with Gasteiger partial charge in [-0.25, -0.2) is 0 Å². The Hall–Kier alpha value is -0.650. The number of ether oxygens (including phenoxy) is 2. The molecule has 1 rings (SSSR count). The zero-order valence-electron chi connectivity index (χ0n) is 12.0. The van der Waals surface area contributed by atoms with Gasteiger partial charge in [-0.15, -0.1) is 0 Å². The monoisotopic (exact) mass is 258 g/mol. The number of likely N-dealkylation sites (N-methyl/N-ethyl adjacent to an activating group) is 1. The number of rotatable bonds is 6. The number of nitrogens with zero attached hydrogens (tertiary/aromatic N) is 1. The van der Waals surface area contributed by atoms with Crippen molar-refractivity contribution < 1.29 is 14.3 Å². The Labute approximate surface area is 110 Å². The minimum Gasteiger partial charge on any atom is -0.469 e. The van der Waals surface area contributed by atoms with Gasteiger partial charge in [0.15, 0.2) is 0 Å². The van der Waals surface area contributed by atoms with Crippen molar-refractivity contribution in [3.05, 3.63) is 0 Å². The second-order valence-corrected chi connectivity index (χ2v) is 5.39. The molecule has 1 fully saturated rings. The molecule has 106 valence electrons. The Morgan fingerprint density at radius 3 is 2.89 bits per heavy atom. The molecule has 0 saturated carbocycles. The van der Waals surface area contributed by atoms with Crippen molar-refractivity contribution >= 4 is 5.97 Å². The molecule has 1 aliphatic heterocycles. The second kappa shape index (κ2) is 7.07. The fourth-order valence-corrected chi connectivity index (χ4v) is 2.09. The molecular weight excluding hydrogens is 232 g/mol. The van der Waals surface area contributed by atoms with Gasteiger partial charge in [-0.1, -0.05) is 6.92 Å². The zero-order valence-corrected chi connectivity index (χ0v) is 12.0. The summed E-state index contributed by atoms with van der Waals surface area (Å²) in [6.45, 7) is 11.1. The summed E-state index contributed by atoms with van der Waals surface area (Å²) < 4.78 is 10.5. The van der Waals surface area contributed by atoms with Crippen molar-refractivity contribution in [3.63, 3.8) is 0 Å². The molecule has 0 aromatic carbocycles. The molecule has 0 bridgehead atoms. The number of carbonyl (C=O) groups excluding carboxylic acids is 1. The summed E-state index contributed by atoms with van der Waals surface area (Å²) in [6.07, 6.45) is 0.215. The van der Waals surface area contributed by atoms with Crippen molar-refractivity contribution in [2.45, 2.75) is 26.9 Å². The standard InChI is InChI=1S/C13H26N2O3/c1-5-15-6-7-18-11(9-15)8-14-10-13(2,3)12(16)17-4/h11,14H,5-10H2,1-4H3. The van der Waals surface area contributed by atoms with Crippen LogP contribution in [0.5, 0.6) is 0 Å². The molecule has 1 aliphatic rings. The number of nitrogens with one attached hydrogen (secondary N) is 1. The van der Waals surface area contributed by atoms with Crippen LogP contribution in [0, 0.1) is 5.41 Å². The first-order chi connectivity index (χ1) is 8.49. The molecule has 1 heterocycles. The van der Waals surface area contributed by atoms with Gasteiger partial charge in [0, 0.05) is 26.2 Å². The molecular formula is C13H26N2O3. The molecule has 5 heteroatoms. The van der Waals surface area contributed by atoms with E-state index in [0.29, 0.717) is 6.54 Å². The van der Waals surface area contributed by atoms with Crippen LogP contribution in [0.25, 0.3) is 0 Å². The van der Waals surface area contributed by atoms with Gasteiger partial charge in [0.2, 0.25) is 0 Å². The molecule has 0 aromatic rings. The van der Waals surface area contributed by atoms with Gasteiger partial charge in [0.25, 0.3) is 0 Å². The molecule has 5 nitrogen and oxygen atoms in total. The van der Waals surface area contributed by atoms with Crippen LogP contribution in [-0.4, -0.2) is 63.4 Å². The first-order valence-corrected chi connectivity index (χ1v) is 6.62. The minimum atomic E-state index is -0.492. The average Bonchev–Trinajstić information content (AvgIpc) is 2.37. The molecule has 0 radical (unpaired) electrons. The fraction of sp³-hybridized carbons (Fsp3) is 0.923. The predicted octanol–water partition coefficient (Wildman–Crippen LogP) is 0.496. The summed E-state index contributed by atoms with van der Waals surface area (Å²) in [6, 6.07) is 0. The fourth-order valence-electron chi connectivity index (χ4n) is 2.09. The highest BCUT2D eigenvalue weighted by Crippen LogP contribution is 2.15. The Balaban J connectivity index is 2.27. The number of hydrogen-bond acceptors (Lipinski definition) is 5. The highest BCUT2D eigenvalue weighted by Gasteiger charge is 2.28. The third kappa shape index (κ3) is 4.55. The number of methoxy groups -OCH3 is 1. The van der Waals surface area contributed by atoms with Gasteiger partial charge in [0.1, 0.15) is 0 Å². The van der Waals surface area contributed by atoms with Crippen molar-refractivity contribution in [2.24, 2.45) is 5.41 Å². The lowest BCUT2D eigenvalue weighted by atomic mass is 9.94. The molecule has 18 heavy (non-hydrogen) atoms. The van der Waals surface area contributed by atoms with Gasteiger partial charge in [-0.2, -0.15) is 0 Å². The van der Waals surface area contributed by atoms with Crippen LogP contribution in [0.1, 0.15) is 20.8 Å². The second-order valence-electron chi connectivity index (χ2n) is 5.39. The van der Waals surface area contributed by atoms with E-state index in [9.17, 15) is 4.79 Å². The maximum absolute atomic E-state index is 11.5. The quantitative estimate of drug-likeness (QED) is 0.703. The van der Waals surface area contributed by atoms with Crippen LogP contribution in [0.2, 0.25) is 0 Å². The van der Waals surface area contributed by atoms with Gasteiger partial charge < -0.3 is 14.8 Å². The van der Waals surface area contributed by atoms with Crippen LogP contribution in [0.3, 0.4) is 0 Å². The van der Waals surface area contributed by atoms with Crippen molar-refractivity contribution in [2.75, 3.05) is 46.4 Å². The van der Waals surface area contributed by atoms with E-state index in [1.807, 2.05) is 13.8 Å². The van der Waals surface area contributed by atoms with Gasteiger partial charge in [0.05, 0.1) is 25.2 Å². The van der Waals surface area contributed by atoms with E-state index in [0.717, 1.165) is 32.8 Å². The zero-order chi connectivity index (χ0) is 13.6. The van der Waals surface area contributed by atoms with E-state index in [-0.39, 0.29) is 12.1 Å². The van der Waals surface area contributed by atoms with E-state index in [1.165, 1.54) is 7.11 Å². The summed E-state index contributed by atoms with van der Waals surface area (Å²) in [4.78, 5) is 13.9. The normalized spacial score (nSPS) is 21.9. The lowest BCUT2D eigenvalue weighted by Gasteiger charge is -2.32. The largest absolute Gasteiger partial charge is 0.469 e. The Bertz CT molecular complexity index is 269. The number of hydrogen-bond donors (Lipinski definition) is 1. The lowest BCUT2D eigenvalue weighted by molar-refractivity contribution is -0.150. The maximum Gasteiger partial charge on any atom is 0.312 e.